The molecule has 2 rings (SSSR count). The van der Waals surface area contributed by atoms with E-state index < -0.39 is 0 Å². The van der Waals surface area contributed by atoms with Crippen molar-refractivity contribution in [1.82, 2.24) is 0 Å². The molecule has 0 aliphatic carbocycles. The molecule has 0 saturated heterocycles. The highest BCUT2D eigenvalue weighted by Gasteiger charge is 2.23. The molecule has 1 aromatic rings. The van der Waals surface area contributed by atoms with E-state index in [9.17, 15) is 4.79 Å². The van der Waals surface area contributed by atoms with Crippen molar-refractivity contribution in [3.63, 3.8) is 0 Å². The minimum atomic E-state index is 0.0462. The number of hydrogen-bond donors (Lipinski definition) is 0. The van der Waals surface area contributed by atoms with Crippen LogP contribution >= 0.6 is 0 Å². The van der Waals surface area contributed by atoms with Gasteiger partial charge < -0.3 is 4.90 Å². The Kier molecular flexibility index (Phi) is 2.51. The van der Waals surface area contributed by atoms with Gasteiger partial charge in [-0.1, -0.05) is 24.6 Å². The molecule has 15 heavy (non-hydrogen) atoms. The van der Waals surface area contributed by atoms with Crippen LogP contribution in [-0.4, -0.2) is 19.4 Å². The summed E-state index contributed by atoms with van der Waals surface area (Å²) in [6.45, 7) is 4.92. The first-order valence-corrected chi connectivity index (χ1v) is 5.44. The summed E-state index contributed by atoms with van der Waals surface area (Å²) in [5.41, 5.74) is 3.61. The zero-order chi connectivity index (χ0) is 11.0. The zero-order valence-corrected chi connectivity index (χ0v) is 9.58. The number of nitrogens with zero attached hydrogens (tertiary/aromatic N) is 1. The summed E-state index contributed by atoms with van der Waals surface area (Å²) in [4.78, 5) is 14.0. The van der Waals surface area contributed by atoms with Crippen molar-refractivity contribution in [2.24, 2.45) is 0 Å². The molecule has 1 heterocycles. The van der Waals surface area contributed by atoms with Gasteiger partial charge in [0.1, 0.15) is 5.78 Å². The quantitative estimate of drug-likeness (QED) is 0.645. The van der Waals surface area contributed by atoms with Gasteiger partial charge in [-0.15, -0.1) is 0 Å². The minimum Gasteiger partial charge on any atom is -0.374 e. The number of carbonyl (C=O) groups excluding carboxylic acids is 1. The Morgan fingerprint density at radius 2 is 2.13 bits per heavy atom. The van der Waals surface area contributed by atoms with Gasteiger partial charge in [0.2, 0.25) is 0 Å². The van der Waals surface area contributed by atoms with Crippen LogP contribution in [-0.2, 0) is 4.79 Å². The van der Waals surface area contributed by atoms with Gasteiger partial charge >= 0.3 is 0 Å². The number of ketones is 1. The number of rotatable bonds is 0. The molecule has 2 heteroatoms. The highest BCUT2D eigenvalue weighted by atomic mass is 16.1. The van der Waals surface area contributed by atoms with Crippen LogP contribution in [0.2, 0.25) is 0 Å². The molecule has 1 atom stereocenters. The fraction of sp³-hybridized carbons (Fsp3) is 0.462. The third-order valence-corrected chi connectivity index (χ3v) is 3.24. The third kappa shape index (κ3) is 1.76. The molecule has 0 N–H and O–H groups in total. The van der Waals surface area contributed by atoms with Crippen LogP contribution in [0.3, 0.4) is 0 Å². The number of Topliss-reactive ketones (excluding diaryl/α,β-unsaturated/α-hetero) is 1. The van der Waals surface area contributed by atoms with Gasteiger partial charge in [0.25, 0.3) is 0 Å². The maximum Gasteiger partial charge on any atom is 0.141 e. The first kappa shape index (κ1) is 10.2. The van der Waals surface area contributed by atoms with E-state index in [1.54, 1.807) is 0 Å². The number of anilines is 1. The van der Waals surface area contributed by atoms with E-state index in [1.807, 2.05) is 6.92 Å². The van der Waals surface area contributed by atoms with Crippen molar-refractivity contribution in [2.45, 2.75) is 26.2 Å². The van der Waals surface area contributed by atoms with Crippen LogP contribution in [0, 0.1) is 6.92 Å². The van der Waals surface area contributed by atoms with Crippen LogP contribution in [0.25, 0.3) is 0 Å². The van der Waals surface area contributed by atoms with E-state index >= 15 is 0 Å². The van der Waals surface area contributed by atoms with Gasteiger partial charge in [0, 0.05) is 31.6 Å². The molecule has 0 aromatic heterocycles. The molecular formula is C13H17NO. The van der Waals surface area contributed by atoms with Gasteiger partial charge in [-0.3, -0.25) is 4.79 Å². The minimum absolute atomic E-state index is 0.0462. The van der Waals surface area contributed by atoms with Gasteiger partial charge in [-0.05, 0) is 18.6 Å². The van der Waals surface area contributed by atoms with Gasteiger partial charge in [0.15, 0.2) is 0 Å². The third-order valence-electron chi connectivity index (χ3n) is 3.24. The Balaban J connectivity index is 2.55. The normalized spacial score (nSPS) is 21.1. The summed E-state index contributed by atoms with van der Waals surface area (Å²) in [7, 11) is 2.06. The lowest BCUT2D eigenvalue weighted by Crippen LogP contribution is -2.18. The molecule has 0 spiro atoms. The van der Waals surface area contributed by atoms with Crippen molar-refractivity contribution >= 4 is 11.5 Å². The lowest BCUT2D eigenvalue weighted by molar-refractivity contribution is -0.119. The molecular weight excluding hydrogens is 186 g/mol. The Labute approximate surface area is 90.9 Å². The van der Waals surface area contributed by atoms with Crippen LogP contribution in [0.1, 0.15) is 30.4 Å². The smallest absolute Gasteiger partial charge is 0.141 e. The Hall–Kier alpha value is -1.31. The maximum atomic E-state index is 11.8. The summed E-state index contributed by atoms with van der Waals surface area (Å²) < 4.78 is 0. The van der Waals surface area contributed by atoms with E-state index in [2.05, 4.69) is 37.1 Å². The first-order chi connectivity index (χ1) is 7.09. The van der Waals surface area contributed by atoms with Crippen LogP contribution < -0.4 is 4.90 Å². The van der Waals surface area contributed by atoms with Crippen LogP contribution in [0.4, 0.5) is 5.69 Å². The Bertz CT molecular complexity index is 398. The topological polar surface area (TPSA) is 20.3 Å². The molecule has 0 fully saturated rings. The molecule has 1 aliphatic heterocycles. The second kappa shape index (κ2) is 3.69. The zero-order valence-electron chi connectivity index (χ0n) is 9.58. The lowest BCUT2D eigenvalue weighted by Gasteiger charge is -2.20. The molecule has 0 saturated carbocycles. The number of fused-ring (bicyclic) bond motifs is 1. The van der Waals surface area contributed by atoms with Crippen LogP contribution in [0.15, 0.2) is 18.2 Å². The second-order valence-corrected chi connectivity index (χ2v) is 4.42. The molecule has 1 unspecified atom stereocenters. The monoisotopic (exact) mass is 203 g/mol. The molecule has 1 aliphatic rings. The van der Waals surface area contributed by atoms with Crippen molar-refractivity contribution < 1.29 is 4.79 Å². The maximum absolute atomic E-state index is 11.8. The number of carbonyl (C=O) groups is 1. The summed E-state index contributed by atoms with van der Waals surface area (Å²) in [5, 5.41) is 0. The van der Waals surface area contributed by atoms with Crippen molar-refractivity contribution in [1.29, 1.82) is 0 Å². The van der Waals surface area contributed by atoms with E-state index in [-0.39, 0.29) is 5.92 Å². The largest absolute Gasteiger partial charge is 0.374 e. The molecule has 80 valence electrons. The molecule has 0 bridgehead atoms. The SMILES string of the molecule is Cc1ccc2c(c1)C(C)C(=O)CCN2C. The van der Waals surface area contributed by atoms with E-state index in [0.29, 0.717) is 12.2 Å². The van der Waals surface area contributed by atoms with Crippen molar-refractivity contribution in [3.05, 3.63) is 29.3 Å². The number of aryl methyl sites for hydroxylation is 1. The Morgan fingerprint density at radius 3 is 2.87 bits per heavy atom. The summed E-state index contributed by atoms with van der Waals surface area (Å²) in [6, 6.07) is 6.37. The molecule has 2 nitrogen and oxygen atoms in total. The summed E-state index contributed by atoms with van der Waals surface area (Å²) in [6.07, 6.45) is 0.658. The predicted octanol–water partition coefficient (Wildman–Crippen LogP) is 2.51. The molecule has 0 radical (unpaired) electrons. The van der Waals surface area contributed by atoms with Gasteiger partial charge in [0.05, 0.1) is 0 Å². The lowest BCUT2D eigenvalue weighted by atomic mass is 9.94. The first-order valence-electron chi connectivity index (χ1n) is 5.44. The van der Waals surface area contributed by atoms with Crippen LogP contribution in [0.5, 0.6) is 0 Å². The van der Waals surface area contributed by atoms with E-state index in [1.165, 1.54) is 16.8 Å². The predicted molar refractivity (Wildman–Crippen MR) is 62.5 cm³/mol. The Morgan fingerprint density at radius 1 is 1.40 bits per heavy atom. The standard InChI is InChI=1S/C13H17NO/c1-9-4-5-12-11(8-9)10(2)13(15)6-7-14(12)3/h4-5,8,10H,6-7H2,1-3H3. The summed E-state index contributed by atoms with van der Waals surface area (Å²) >= 11 is 0. The number of benzene rings is 1. The second-order valence-electron chi connectivity index (χ2n) is 4.42. The van der Waals surface area contributed by atoms with E-state index in [0.717, 1.165) is 6.54 Å². The fourth-order valence-electron chi connectivity index (χ4n) is 2.16. The average molecular weight is 203 g/mol. The fourth-order valence-corrected chi connectivity index (χ4v) is 2.16. The molecule has 1 aromatic carbocycles. The van der Waals surface area contributed by atoms with Gasteiger partial charge in [-0.2, -0.15) is 0 Å². The molecule has 0 amide bonds. The van der Waals surface area contributed by atoms with Crippen molar-refractivity contribution in [2.75, 3.05) is 18.5 Å². The van der Waals surface area contributed by atoms with Crippen molar-refractivity contribution in [3.8, 4) is 0 Å². The van der Waals surface area contributed by atoms with E-state index in [4.69, 9.17) is 0 Å². The highest BCUT2D eigenvalue weighted by Crippen LogP contribution is 2.32. The average Bonchev–Trinajstić information content (AvgIpc) is 2.32. The highest BCUT2D eigenvalue weighted by molar-refractivity contribution is 5.89. The number of hydrogen-bond acceptors (Lipinski definition) is 2. The van der Waals surface area contributed by atoms with Gasteiger partial charge in [-0.25, -0.2) is 0 Å². The summed E-state index contributed by atoms with van der Waals surface area (Å²) in [5.74, 6) is 0.399.